The van der Waals surface area contributed by atoms with Crippen LogP contribution in [0.4, 0.5) is 0 Å². The second-order valence-electron chi connectivity index (χ2n) is 3.94. The van der Waals surface area contributed by atoms with Crippen LogP contribution in [-0.4, -0.2) is 14.5 Å². The van der Waals surface area contributed by atoms with E-state index >= 15 is 0 Å². The summed E-state index contributed by atoms with van der Waals surface area (Å²) in [6.07, 6.45) is 0. The Morgan fingerprint density at radius 1 is 1.53 bits per heavy atom. The van der Waals surface area contributed by atoms with Crippen molar-refractivity contribution in [2.45, 2.75) is 31.7 Å². The number of sulfonamides is 1. The van der Waals surface area contributed by atoms with E-state index in [1.807, 2.05) is 6.07 Å². The molecular weight excluding hydrogens is 324 g/mol. The van der Waals surface area contributed by atoms with Crippen LogP contribution in [-0.2, 0) is 10.0 Å². The highest BCUT2D eigenvalue weighted by atomic mass is 79.9. The summed E-state index contributed by atoms with van der Waals surface area (Å²) >= 11 is 4.60. The molecule has 94 valence electrons. The monoisotopic (exact) mass is 336 g/mol. The molecule has 4 nitrogen and oxygen atoms in total. The normalized spacial score (nSPS) is 13.6. The van der Waals surface area contributed by atoms with Crippen molar-refractivity contribution in [3.05, 3.63) is 14.7 Å². The lowest BCUT2D eigenvalue weighted by molar-refractivity contribution is 0.515. The smallest absolute Gasteiger partial charge is 0.207 e. The fraction of sp³-hybridized carbons (Fsp3) is 0.500. The number of hydrogen-bond acceptors (Lipinski definition) is 4. The Labute approximate surface area is 114 Å². The molecule has 7 heteroatoms. The van der Waals surface area contributed by atoms with Gasteiger partial charge in [0.05, 0.1) is 14.8 Å². The lowest BCUT2D eigenvalue weighted by Gasteiger charge is -2.14. The van der Waals surface area contributed by atoms with Crippen molar-refractivity contribution >= 4 is 37.3 Å². The zero-order valence-electron chi connectivity index (χ0n) is 9.69. The molecule has 1 N–H and O–H groups in total. The van der Waals surface area contributed by atoms with E-state index < -0.39 is 16.1 Å². The van der Waals surface area contributed by atoms with Gasteiger partial charge in [-0.2, -0.15) is 9.98 Å². The third-order valence-electron chi connectivity index (χ3n) is 2.22. The van der Waals surface area contributed by atoms with Crippen LogP contribution < -0.4 is 4.72 Å². The van der Waals surface area contributed by atoms with E-state index in [0.29, 0.717) is 4.88 Å². The number of nitriles is 1. The molecule has 0 unspecified atom stereocenters. The van der Waals surface area contributed by atoms with Crippen LogP contribution in [0.15, 0.2) is 14.7 Å². The lowest BCUT2D eigenvalue weighted by atomic mass is 10.1. The van der Waals surface area contributed by atoms with E-state index in [1.165, 1.54) is 11.3 Å². The van der Waals surface area contributed by atoms with Crippen LogP contribution in [0.2, 0.25) is 0 Å². The minimum Gasteiger partial charge on any atom is -0.207 e. The van der Waals surface area contributed by atoms with E-state index in [4.69, 9.17) is 5.26 Å². The molecule has 1 aromatic heterocycles. The van der Waals surface area contributed by atoms with Gasteiger partial charge in [0, 0.05) is 4.88 Å². The molecule has 1 rings (SSSR count). The summed E-state index contributed by atoms with van der Waals surface area (Å²) in [6.45, 7) is 5.33. The Morgan fingerprint density at radius 3 is 2.47 bits per heavy atom. The van der Waals surface area contributed by atoms with Gasteiger partial charge in [-0.05, 0) is 34.8 Å². The Balaban J connectivity index is 3.05. The van der Waals surface area contributed by atoms with Gasteiger partial charge in [-0.25, -0.2) is 8.42 Å². The number of nitrogens with one attached hydrogen (secondary N) is 1. The van der Waals surface area contributed by atoms with Crippen molar-refractivity contribution in [3.8, 4) is 6.07 Å². The van der Waals surface area contributed by atoms with Crippen LogP contribution in [0.3, 0.4) is 0 Å². The fourth-order valence-electron chi connectivity index (χ4n) is 1.24. The molecule has 0 amide bonds. The van der Waals surface area contributed by atoms with Gasteiger partial charge < -0.3 is 0 Å². The molecule has 0 spiro atoms. The standard InChI is InChI=1S/C10H13BrN2O2S2/c1-6(2)8(5-12)13-17(14,15)9-4-10(11)16-7(9)3/h4,6,8,13H,1-3H3/t8-/m0/s1. The fourth-order valence-corrected chi connectivity index (χ4v) is 4.94. The predicted octanol–water partition coefficient (Wildman–Crippen LogP) is 2.65. The quantitative estimate of drug-likeness (QED) is 0.918. The minimum atomic E-state index is -3.62. The van der Waals surface area contributed by atoms with E-state index in [0.717, 1.165) is 3.79 Å². The third kappa shape index (κ3) is 3.52. The molecule has 0 radical (unpaired) electrons. The zero-order valence-corrected chi connectivity index (χ0v) is 12.9. The van der Waals surface area contributed by atoms with Gasteiger partial charge in [0.15, 0.2) is 0 Å². The highest BCUT2D eigenvalue weighted by molar-refractivity contribution is 9.11. The first kappa shape index (κ1) is 14.6. The molecule has 0 aliphatic carbocycles. The van der Waals surface area contributed by atoms with Crippen molar-refractivity contribution < 1.29 is 8.42 Å². The molecule has 0 bridgehead atoms. The number of nitrogens with zero attached hydrogens (tertiary/aromatic N) is 1. The van der Waals surface area contributed by atoms with Gasteiger partial charge in [-0.15, -0.1) is 11.3 Å². The number of hydrogen-bond donors (Lipinski definition) is 1. The predicted molar refractivity (Wildman–Crippen MR) is 71.3 cm³/mol. The van der Waals surface area contributed by atoms with E-state index in [9.17, 15) is 8.42 Å². The molecule has 1 atom stereocenters. The molecule has 17 heavy (non-hydrogen) atoms. The Bertz CT molecular complexity index is 543. The summed E-state index contributed by atoms with van der Waals surface area (Å²) in [5.41, 5.74) is 0. The van der Waals surface area contributed by atoms with E-state index in [2.05, 4.69) is 20.7 Å². The topological polar surface area (TPSA) is 70.0 Å². The largest absolute Gasteiger partial charge is 0.242 e. The van der Waals surface area contributed by atoms with Crippen molar-refractivity contribution in [2.75, 3.05) is 0 Å². The molecular formula is C10H13BrN2O2S2. The Hall–Kier alpha value is -0.420. The first-order valence-electron chi connectivity index (χ1n) is 4.96. The van der Waals surface area contributed by atoms with Gasteiger partial charge in [-0.3, -0.25) is 0 Å². The number of halogens is 1. The van der Waals surface area contributed by atoms with Crippen molar-refractivity contribution in [2.24, 2.45) is 5.92 Å². The molecule has 0 aromatic carbocycles. The van der Waals surface area contributed by atoms with Crippen LogP contribution in [0.1, 0.15) is 18.7 Å². The summed E-state index contributed by atoms with van der Waals surface area (Å²) in [5.74, 6) is -0.0721. The van der Waals surface area contributed by atoms with Crippen molar-refractivity contribution in [1.29, 1.82) is 5.26 Å². The minimum absolute atomic E-state index is 0.0721. The maximum atomic E-state index is 12.1. The highest BCUT2D eigenvalue weighted by Gasteiger charge is 2.24. The van der Waals surface area contributed by atoms with Crippen LogP contribution in [0.25, 0.3) is 0 Å². The highest BCUT2D eigenvalue weighted by Crippen LogP contribution is 2.29. The Morgan fingerprint density at radius 2 is 2.12 bits per heavy atom. The third-order valence-corrected chi connectivity index (χ3v) is 5.47. The summed E-state index contributed by atoms with van der Waals surface area (Å²) in [6, 6.07) is 2.80. The van der Waals surface area contributed by atoms with Crippen LogP contribution in [0, 0.1) is 24.2 Å². The molecule has 1 heterocycles. The zero-order chi connectivity index (χ0) is 13.2. The second-order valence-corrected chi connectivity index (χ2v) is 8.26. The van der Waals surface area contributed by atoms with Crippen molar-refractivity contribution in [1.82, 2.24) is 4.72 Å². The van der Waals surface area contributed by atoms with Crippen LogP contribution in [0.5, 0.6) is 0 Å². The molecule has 0 aliphatic heterocycles. The van der Waals surface area contributed by atoms with Gasteiger partial charge >= 0.3 is 0 Å². The average molecular weight is 337 g/mol. The number of thiophene rings is 1. The summed E-state index contributed by atoms with van der Waals surface area (Å²) < 4.78 is 27.3. The van der Waals surface area contributed by atoms with Gasteiger partial charge in [0.25, 0.3) is 0 Å². The van der Waals surface area contributed by atoms with Gasteiger partial charge in [0.1, 0.15) is 6.04 Å². The number of aryl methyl sites for hydroxylation is 1. The molecule has 0 saturated carbocycles. The molecule has 1 aromatic rings. The SMILES string of the molecule is Cc1sc(Br)cc1S(=O)(=O)N[C@@H](C#N)C(C)C. The lowest BCUT2D eigenvalue weighted by Crippen LogP contribution is -2.37. The molecule has 0 aliphatic rings. The maximum Gasteiger partial charge on any atom is 0.242 e. The maximum absolute atomic E-state index is 12.1. The summed E-state index contributed by atoms with van der Waals surface area (Å²) in [7, 11) is -3.62. The van der Waals surface area contributed by atoms with E-state index in [-0.39, 0.29) is 10.8 Å². The van der Waals surface area contributed by atoms with E-state index in [1.54, 1.807) is 26.8 Å². The molecule has 0 saturated heterocycles. The van der Waals surface area contributed by atoms with Gasteiger partial charge in [0.2, 0.25) is 10.0 Å². The number of rotatable bonds is 4. The van der Waals surface area contributed by atoms with Crippen molar-refractivity contribution in [3.63, 3.8) is 0 Å². The first-order chi connectivity index (χ1) is 7.77. The second kappa shape index (κ2) is 5.48. The summed E-state index contributed by atoms with van der Waals surface area (Å²) in [4.78, 5) is 0.931. The van der Waals surface area contributed by atoms with Gasteiger partial charge in [-0.1, -0.05) is 13.8 Å². The molecule has 0 fully saturated rings. The Kier molecular flexibility index (Phi) is 4.72. The first-order valence-corrected chi connectivity index (χ1v) is 8.05. The average Bonchev–Trinajstić information content (AvgIpc) is 2.54. The summed E-state index contributed by atoms with van der Waals surface area (Å²) in [5, 5.41) is 8.90. The van der Waals surface area contributed by atoms with Crippen LogP contribution >= 0.6 is 27.3 Å².